The van der Waals surface area contributed by atoms with Crippen LogP contribution in [0.15, 0.2) is 54.1 Å². The van der Waals surface area contributed by atoms with E-state index in [0.29, 0.717) is 35.3 Å². The Hall–Kier alpha value is -4.53. The standard InChI is InChI=1S/C30H31NO8/c1-33-21-8-6-20(7-9-21)31-15-19-10-17-11-23-24(39-16-38-23)14-22(17)27(28(19)30(32)37-5)18-12-25(34-2)29(36-4)26(13-18)35-3/h6-14,27-28,31H,15-16H2,1-5H3/t27-,28-/m1/s1. The van der Waals surface area contributed by atoms with Crippen LogP contribution in [0, 0.1) is 5.92 Å². The van der Waals surface area contributed by atoms with Gasteiger partial charge in [0.2, 0.25) is 12.5 Å². The number of ether oxygens (including phenoxy) is 7. The van der Waals surface area contributed by atoms with Gasteiger partial charge in [-0.1, -0.05) is 6.08 Å². The molecule has 0 saturated carbocycles. The molecular weight excluding hydrogens is 502 g/mol. The number of carbonyl (C=O) groups excluding carboxylic acids is 1. The fourth-order valence-corrected chi connectivity index (χ4v) is 5.19. The van der Waals surface area contributed by atoms with Crippen LogP contribution < -0.4 is 33.7 Å². The van der Waals surface area contributed by atoms with Gasteiger partial charge in [0, 0.05) is 18.2 Å². The molecular formula is C30H31NO8. The molecule has 0 unspecified atom stereocenters. The Morgan fingerprint density at radius 1 is 0.872 bits per heavy atom. The minimum absolute atomic E-state index is 0.142. The van der Waals surface area contributed by atoms with Crippen molar-refractivity contribution in [2.75, 3.05) is 54.2 Å². The second-order valence-corrected chi connectivity index (χ2v) is 9.07. The maximum atomic E-state index is 13.5. The van der Waals surface area contributed by atoms with Crippen molar-refractivity contribution in [2.45, 2.75) is 5.92 Å². The summed E-state index contributed by atoms with van der Waals surface area (Å²) in [5.74, 6) is 2.06. The molecule has 1 N–H and O–H groups in total. The van der Waals surface area contributed by atoms with Crippen LogP contribution in [0.2, 0.25) is 0 Å². The van der Waals surface area contributed by atoms with Crippen LogP contribution in [0.3, 0.4) is 0 Å². The highest BCUT2D eigenvalue weighted by Crippen LogP contribution is 2.50. The molecule has 0 aromatic heterocycles. The first-order chi connectivity index (χ1) is 19.0. The molecule has 204 valence electrons. The van der Waals surface area contributed by atoms with Crippen LogP contribution >= 0.6 is 0 Å². The zero-order valence-electron chi connectivity index (χ0n) is 22.5. The molecule has 0 fully saturated rings. The largest absolute Gasteiger partial charge is 0.497 e. The predicted octanol–water partition coefficient (Wildman–Crippen LogP) is 4.88. The molecule has 0 radical (unpaired) electrons. The molecule has 1 heterocycles. The molecule has 9 nitrogen and oxygen atoms in total. The van der Waals surface area contributed by atoms with Gasteiger partial charge in [0.25, 0.3) is 0 Å². The number of methoxy groups -OCH3 is 5. The van der Waals surface area contributed by atoms with Gasteiger partial charge in [0.15, 0.2) is 23.0 Å². The van der Waals surface area contributed by atoms with E-state index in [1.165, 1.54) is 7.11 Å². The van der Waals surface area contributed by atoms with Crippen LogP contribution in [0.5, 0.6) is 34.5 Å². The van der Waals surface area contributed by atoms with Gasteiger partial charge in [-0.15, -0.1) is 0 Å². The van der Waals surface area contributed by atoms with E-state index in [9.17, 15) is 4.79 Å². The lowest BCUT2D eigenvalue weighted by Gasteiger charge is -2.34. The molecule has 39 heavy (non-hydrogen) atoms. The van der Waals surface area contributed by atoms with Crippen LogP contribution in [0.4, 0.5) is 5.69 Å². The van der Waals surface area contributed by atoms with E-state index in [1.54, 1.807) is 28.4 Å². The molecule has 0 amide bonds. The fraction of sp³-hybridized carbons (Fsp3) is 0.300. The third-order valence-electron chi connectivity index (χ3n) is 7.07. The molecule has 3 aromatic carbocycles. The monoisotopic (exact) mass is 533 g/mol. The number of esters is 1. The molecule has 1 aliphatic carbocycles. The lowest BCUT2D eigenvalue weighted by atomic mass is 9.71. The summed E-state index contributed by atoms with van der Waals surface area (Å²) >= 11 is 0. The summed E-state index contributed by atoms with van der Waals surface area (Å²) in [4.78, 5) is 13.5. The van der Waals surface area contributed by atoms with Crippen LogP contribution in [0.1, 0.15) is 22.6 Å². The summed E-state index contributed by atoms with van der Waals surface area (Å²) in [6.07, 6.45) is 2.02. The van der Waals surface area contributed by atoms with E-state index in [1.807, 2.05) is 54.6 Å². The Labute approximate surface area is 227 Å². The van der Waals surface area contributed by atoms with Gasteiger partial charge in [-0.25, -0.2) is 0 Å². The van der Waals surface area contributed by atoms with Gasteiger partial charge in [0.05, 0.1) is 41.5 Å². The number of anilines is 1. The first-order valence-electron chi connectivity index (χ1n) is 12.4. The van der Waals surface area contributed by atoms with Gasteiger partial charge in [-0.2, -0.15) is 0 Å². The smallest absolute Gasteiger partial charge is 0.313 e. The van der Waals surface area contributed by atoms with Crippen molar-refractivity contribution in [3.05, 3.63) is 70.8 Å². The number of nitrogens with one attached hydrogen (secondary N) is 1. The summed E-state index contributed by atoms with van der Waals surface area (Å²) in [7, 11) is 7.71. The third kappa shape index (κ3) is 4.87. The molecule has 1 aliphatic heterocycles. The predicted molar refractivity (Wildman–Crippen MR) is 145 cm³/mol. The van der Waals surface area contributed by atoms with E-state index in [0.717, 1.165) is 33.7 Å². The number of hydrogen-bond acceptors (Lipinski definition) is 9. The lowest BCUT2D eigenvalue weighted by Crippen LogP contribution is -2.32. The maximum absolute atomic E-state index is 13.5. The Bertz CT molecular complexity index is 1370. The zero-order valence-corrected chi connectivity index (χ0v) is 22.5. The Morgan fingerprint density at radius 3 is 2.13 bits per heavy atom. The Kier molecular flexibility index (Phi) is 7.40. The van der Waals surface area contributed by atoms with Crippen molar-refractivity contribution in [1.82, 2.24) is 0 Å². The van der Waals surface area contributed by atoms with Crippen LogP contribution in [0.25, 0.3) is 6.08 Å². The Morgan fingerprint density at radius 2 is 1.54 bits per heavy atom. The lowest BCUT2D eigenvalue weighted by molar-refractivity contribution is -0.144. The highest BCUT2D eigenvalue weighted by Gasteiger charge is 2.40. The average Bonchev–Trinajstić information content (AvgIpc) is 3.44. The van der Waals surface area contributed by atoms with Gasteiger partial charge in [-0.05, 0) is 70.8 Å². The number of carbonyl (C=O) groups is 1. The highest BCUT2D eigenvalue weighted by molar-refractivity contribution is 5.84. The minimum Gasteiger partial charge on any atom is -0.497 e. The molecule has 0 spiro atoms. The van der Waals surface area contributed by atoms with Gasteiger partial charge >= 0.3 is 5.97 Å². The summed E-state index contributed by atoms with van der Waals surface area (Å²) < 4.78 is 38.8. The fourth-order valence-electron chi connectivity index (χ4n) is 5.19. The molecule has 2 aliphatic rings. The van der Waals surface area contributed by atoms with Crippen LogP contribution in [-0.4, -0.2) is 54.9 Å². The molecule has 5 rings (SSSR count). The molecule has 0 bridgehead atoms. The van der Waals surface area contributed by atoms with E-state index in [2.05, 4.69) is 5.32 Å². The van der Waals surface area contributed by atoms with E-state index >= 15 is 0 Å². The molecule has 2 atom stereocenters. The zero-order chi connectivity index (χ0) is 27.5. The van der Waals surface area contributed by atoms with Crippen molar-refractivity contribution in [2.24, 2.45) is 5.92 Å². The molecule has 9 heteroatoms. The van der Waals surface area contributed by atoms with Gasteiger partial charge in [0.1, 0.15) is 5.75 Å². The number of hydrogen-bond donors (Lipinski definition) is 1. The topological polar surface area (TPSA) is 93.7 Å². The van der Waals surface area contributed by atoms with Gasteiger partial charge < -0.3 is 38.5 Å². The summed E-state index contributed by atoms with van der Waals surface area (Å²) in [5, 5.41) is 3.44. The average molecular weight is 534 g/mol. The van der Waals surface area contributed by atoms with Crippen molar-refractivity contribution in [1.29, 1.82) is 0 Å². The SMILES string of the molecule is COC(=O)[C@@H]1C(CNc2ccc(OC)cc2)=Cc2cc3c(cc2[C@H]1c1cc(OC)c(OC)c(OC)c1)OCO3. The van der Waals surface area contributed by atoms with E-state index in [4.69, 9.17) is 33.2 Å². The van der Waals surface area contributed by atoms with Crippen molar-refractivity contribution in [3.63, 3.8) is 0 Å². The summed E-state index contributed by atoms with van der Waals surface area (Å²) in [6, 6.07) is 15.2. The molecule has 3 aromatic rings. The second-order valence-electron chi connectivity index (χ2n) is 9.07. The van der Waals surface area contributed by atoms with E-state index < -0.39 is 11.8 Å². The quantitative estimate of drug-likeness (QED) is 0.386. The number of fused-ring (bicyclic) bond motifs is 2. The number of rotatable bonds is 9. The van der Waals surface area contributed by atoms with E-state index in [-0.39, 0.29) is 12.8 Å². The summed E-state index contributed by atoms with van der Waals surface area (Å²) in [5.41, 5.74) is 4.36. The maximum Gasteiger partial charge on any atom is 0.313 e. The third-order valence-corrected chi connectivity index (χ3v) is 7.07. The van der Waals surface area contributed by atoms with Crippen molar-refractivity contribution < 1.29 is 38.0 Å². The van der Waals surface area contributed by atoms with Crippen molar-refractivity contribution in [3.8, 4) is 34.5 Å². The second kappa shape index (κ2) is 11.1. The van der Waals surface area contributed by atoms with Crippen molar-refractivity contribution >= 4 is 17.7 Å². The molecule has 0 saturated heterocycles. The Balaban J connectivity index is 1.64. The summed E-state index contributed by atoms with van der Waals surface area (Å²) in [6.45, 7) is 0.546. The number of benzene rings is 3. The first-order valence-corrected chi connectivity index (χ1v) is 12.4. The normalized spacial score (nSPS) is 17.0. The first kappa shape index (κ1) is 26.1. The van der Waals surface area contributed by atoms with Crippen LogP contribution in [-0.2, 0) is 9.53 Å². The minimum atomic E-state index is -0.642. The van der Waals surface area contributed by atoms with Gasteiger partial charge in [-0.3, -0.25) is 4.79 Å². The highest BCUT2D eigenvalue weighted by atomic mass is 16.7.